The van der Waals surface area contributed by atoms with E-state index in [4.69, 9.17) is 16.4 Å². The van der Waals surface area contributed by atoms with E-state index in [0.29, 0.717) is 11.8 Å². The monoisotopic (exact) mass is 542 g/mol. The van der Waals surface area contributed by atoms with Gasteiger partial charge in [-0.1, -0.05) is 46.3 Å². The number of esters is 2. The van der Waals surface area contributed by atoms with Gasteiger partial charge in [0.25, 0.3) is 0 Å². The zero-order valence-corrected chi connectivity index (χ0v) is 26.1. The fraction of sp³-hybridized carbons (Fsp3) is 0.853. The first kappa shape index (κ1) is 30.6. The van der Waals surface area contributed by atoms with Crippen LogP contribution in [0.3, 0.4) is 0 Å². The molecule has 10 atom stereocenters. The Kier molecular flexibility index (Phi) is 7.98. The van der Waals surface area contributed by atoms with Crippen LogP contribution in [0.25, 0.3) is 0 Å². The Balaban J connectivity index is 1.72. The summed E-state index contributed by atoms with van der Waals surface area (Å²) in [6, 6.07) is 0. The van der Waals surface area contributed by atoms with Crippen LogP contribution in [0, 0.1) is 52.3 Å². The van der Waals surface area contributed by atoms with E-state index in [1.54, 1.807) is 0 Å². The Hall–Kier alpha value is -1.36. The van der Waals surface area contributed by atoms with Gasteiger partial charge in [-0.2, -0.15) is 0 Å². The van der Waals surface area contributed by atoms with Crippen molar-refractivity contribution in [1.82, 2.24) is 0 Å². The first-order valence-electron chi connectivity index (χ1n) is 15.4. The van der Waals surface area contributed by atoms with Crippen LogP contribution < -0.4 is 0 Å². The molecule has 0 aromatic rings. The smallest absolute Gasteiger partial charge is 0.311 e. The van der Waals surface area contributed by atoms with E-state index in [1.165, 1.54) is 12.5 Å². The van der Waals surface area contributed by atoms with E-state index >= 15 is 0 Å². The maximum Gasteiger partial charge on any atom is 0.311 e. The largest absolute Gasteiger partial charge is 0.462 e. The van der Waals surface area contributed by atoms with Crippen LogP contribution in [0.5, 0.6) is 0 Å². The van der Waals surface area contributed by atoms with Crippen molar-refractivity contribution in [2.75, 3.05) is 0 Å². The van der Waals surface area contributed by atoms with Crippen LogP contribution in [-0.4, -0.2) is 34.9 Å². The molecule has 2 radical (unpaired) electrons. The summed E-state index contributed by atoms with van der Waals surface area (Å²) in [5.74, 6) is 0.0659. The topological polar surface area (TPSA) is 72.8 Å². The molecule has 4 aliphatic rings. The summed E-state index contributed by atoms with van der Waals surface area (Å²) in [6.45, 7) is 25.1. The van der Waals surface area contributed by atoms with E-state index in [1.807, 2.05) is 6.92 Å². The molecule has 5 nitrogen and oxygen atoms in total. The first-order valence-corrected chi connectivity index (χ1v) is 15.4. The summed E-state index contributed by atoms with van der Waals surface area (Å²) in [4.78, 5) is 24.2. The minimum atomic E-state index is -0.816. The van der Waals surface area contributed by atoms with E-state index in [2.05, 4.69) is 54.5 Å². The lowest BCUT2D eigenvalue weighted by Crippen LogP contribution is -2.67. The van der Waals surface area contributed by atoms with E-state index in [-0.39, 0.29) is 51.7 Å². The number of hydrogen-bond acceptors (Lipinski definition) is 5. The van der Waals surface area contributed by atoms with Crippen molar-refractivity contribution in [1.29, 1.82) is 0 Å². The molecule has 4 saturated carbocycles. The number of ether oxygens (including phenoxy) is 2. The standard InChI is InChI=1S/C34H54O5/c1-21(2)12-11-16-34(10,37)24-13-18-33(9)29(24)25(38-22(3)35)20-27-31(7)17-15-28(39-23(4)36)30(5,6)26(31)14-19-32(27,33)8/h4,12,24-29,37H,11,13-20H2,1-3,5-10H3/t24?,25-,26?,27?,28-,29?,31+,32-,33-,34?/m1/s1. The lowest BCUT2D eigenvalue weighted by atomic mass is 9.35. The molecule has 4 fully saturated rings. The second kappa shape index (κ2) is 10.2. The van der Waals surface area contributed by atoms with Gasteiger partial charge in [0.05, 0.1) is 12.5 Å². The molecule has 0 aromatic heterocycles. The highest BCUT2D eigenvalue weighted by Crippen LogP contribution is 2.76. The van der Waals surface area contributed by atoms with Gasteiger partial charge in [0.1, 0.15) is 12.2 Å². The normalized spacial score (nSPS) is 44.2. The van der Waals surface area contributed by atoms with Crippen molar-refractivity contribution in [3.8, 4) is 0 Å². The van der Waals surface area contributed by atoms with Gasteiger partial charge in [-0.25, -0.2) is 0 Å². The van der Waals surface area contributed by atoms with Crippen molar-refractivity contribution in [3.63, 3.8) is 0 Å². The number of allylic oxidation sites excluding steroid dienone is 2. The third kappa shape index (κ3) is 4.91. The fourth-order valence-electron chi connectivity index (χ4n) is 10.9. The molecule has 5 heteroatoms. The third-order valence-electron chi connectivity index (χ3n) is 12.9. The molecule has 0 bridgehead atoms. The SMILES string of the molecule is [CH]C(=O)O[C@@H]1CC[C@@]2(C)C(CC[C@]3(C)C2C[C@@H](OC(C)=O)C2C(C(C)(O)CCC=C(C)C)CC[C@]23C)C1(C)C. The second-order valence-corrected chi connectivity index (χ2v) is 15.5. The highest BCUT2D eigenvalue weighted by atomic mass is 16.5. The number of rotatable bonds is 6. The first-order chi connectivity index (χ1) is 17.9. The summed E-state index contributed by atoms with van der Waals surface area (Å²) in [5, 5.41) is 11.9. The predicted molar refractivity (Wildman–Crippen MR) is 153 cm³/mol. The third-order valence-corrected chi connectivity index (χ3v) is 12.9. The molecule has 220 valence electrons. The van der Waals surface area contributed by atoms with Gasteiger partial charge in [0.2, 0.25) is 0 Å². The van der Waals surface area contributed by atoms with Crippen molar-refractivity contribution < 1.29 is 24.2 Å². The molecule has 4 rings (SSSR count). The Labute approximate surface area is 237 Å². The summed E-state index contributed by atoms with van der Waals surface area (Å²) in [6.07, 6.45) is 10.2. The predicted octanol–water partition coefficient (Wildman–Crippen LogP) is 7.33. The molecule has 1 N–H and O–H groups in total. The van der Waals surface area contributed by atoms with Gasteiger partial charge in [-0.15, -0.1) is 0 Å². The number of aliphatic hydroxyl groups is 1. The highest BCUT2D eigenvalue weighted by molar-refractivity contribution is 5.74. The van der Waals surface area contributed by atoms with Crippen LogP contribution in [0.4, 0.5) is 0 Å². The Morgan fingerprint density at radius 1 is 0.949 bits per heavy atom. The molecule has 5 unspecified atom stereocenters. The number of hydrogen-bond donors (Lipinski definition) is 1. The van der Waals surface area contributed by atoms with Crippen molar-refractivity contribution in [2.24, 2.45) is 45.3 Å². The summed E-state index contributed by atoms with van der Waals surface area (Å²) < 4.78 is 11.9. The maximum atomic E-state index is 12.5. The number of fused-ring (bicyclic) bond motifs is 5. The zero-order valence-electron chi connectivity index (χ0n) is 26.1. The molecule has 0 aromatic carbocycles. The summed E-state index contributed by atoms with van der Waals surface area (Å²) >= 11 is 0. The van der Waals surface area contributed by atoms with Crippen molar-refractivity contribution in [2.45, 2.75) is 138 Å². The molecule has 39 heavy (non-hydrogen) atoms. The van der Waals surface area contributed by atoms with E-state index < -0.39 is 11.6 Å². The van der Waals surface area contributed by atoms with E-state index in [0.717, 1.165) is 57.8 Å². The van der Waals surface area contributed by atoms with Crippen molar-refractivity contribution in [3.05, 3.63) is 18.6 Å². The quantitative estimate of drug-likeness (QED) is 0.281. The number of carbonyl (C=O) groups excluding carboxylic acids is 2. The lowest BCUT2D eigenvalue weighted by molar-refractivity contribution is -0.252. The molecule has 0 heterocycles. The highest BCUT2D eigenvalue weighted by Gasteiger charge is 2.72. The minimum Gasteiger partial charge on any atom is -0.462 e. The van der Waals surface area contributed by atoms with Gasteiger partial charge >= 0.3 is 11.9 Å². The lowest BCUT2D eigenvalue weighted by Gasteiger charge is -2.70. The van der Waals surface area contributed by atoms with Crippen LogP contribution in [0.15, 0.2) is 11.6 Å². The second-order valence-electron chi connectivity index (χ2n) is 15.5. The summed E-state index contributed by atoms with van der Waals surface area (Å²) in [5.41, 5.74) is 0.327. The number of carbonyl (C=O) groups is 2. The van der Waals surface area contributed by atoms with Crippen molar-refractivity contribution >= 4 is 11.9 Å². The van der Waals surface area contributed by atoms with Gasteiger partial charge in [0.15, 0.2) is 0 Å². The van der Waals surface area contributed by atoms with Crippen LogP contribution in [-0.2, 0) is 19.1 Å². The van der Waals surface area contributed by atoms with Gasteiger partial charge in [0, 0.05) is 18.3 Å². The molecule has 4 aliphatic carbocycles. The Morgan fingerprint density at radius 3 is 2.18 bits per heavy atom. The molecule has 0 saturated heterocycles. The Bertz CT molecular complexity index is 992. The molecule has 0 spiro atoms. The van der Waals surface area contributed by atoms with Gasteiger partial charge < -0.3 is 14.6 Å². The van der Waals surface area contributed by atoms with Crippen LogP contribution >= 0.6 is 0 Å². The van der Waals surface area contributed by atoms with Gasteiger partial charge in [-0.05, 0) is 113 Å². The average Bonchev–Trinajstić information content (AvgIpc) is 3.17. The van der Waals surface area contributed by atoms with Gasteiger partial charge in [-0.3, -0.25) is 9.59 Å². The average molecular weight is 543 g/mol. The molecule has 0 aliphatic heterocycles. The molecular formula is C34H54O5. The molecular weight excluding hydrogens is 488 g/mol. The zero-order chi connectivity index (χ0) is 29.2. The van der Waals surface area contributed by atoms with Crippen LogP contribution in [0.1, 0.15) is 120 Å². The fourth-order valence-corrected chi connectivity index (χ4v) is 10.9. The molecule has 0 amide bonds. The Morgan fingerprint density at radius 2 is 1.59 bits per heavy atom. The summed E-state index contributed by atoms with van der Waals surface area (Å²) in [7, 11) is 0. The minimum absolute atomic E-state index is 0.0322. The maximum absolute atomic E-state index is 12.5. The van der Waals surface area contributed by atoms with Crippen LogP contribution in [0.2, 0.25) is 0 Å². The van der Waals surface area contributed by atoms with E-state index in [9.17, 15) is 14.7 Å².